The fourth-order valence-corrected chi connectivity index (χ4v) is 2.43. The molecule has 2 nitrogen and oxygen atoms in total. The topological polar surface area (TPSA) is 15.3 Å². The molecular formula is C12H22Cl2N2. The van der Waals surface area contributed by atoms with E-state index in [0.717, 1.165) is 31.2 Å². The van der Waals surface area contributed by atoms with Gasteiger partial charge in [0, 0.05) is 36.2 Å². The summed E-state index contributed by atoms with van der Waals surface area (Å²) in [5, 5.41) is 4.24. The van der Waals surface area contributed by atoms with Crippen molar-refractivity contribution in [2.75, 3.05) is 26.2 Å². The number of rotatable bonds is 6. The van der Waals surface area contributed by atoms with Gasteiger partial charge in [0.1, 0.15) is 0 Å². The van der Waals surface area contributed by atoms with Gasteiger partial charge in [0.25, 0.3) is 0 Å². The molecule has 1 atom stereocenters. The van der Waals surface area contributed by atoms with E-state index in [9.17, 15) is 0 Å². The van der Waals surface area contributed by atoms with Crippen LogP contribution in [0.2, 0.25) is 0 Å². The molecule has 0 aliphatic carbocycles. The Kier molecular flexibility index (Phi) is 6.74. The minimum Gasteiger partial charge on any atom is -0.313 e. The summed E-state index contributed by atoms with van der Waals surface area (Å²) in [7, 11) is 0. The van der Waals surface area contributed by atoms with Crippen molar-refractivity contribution in [3.63, 3.8) is 0 Å². The molecule has 0 radical (unpaired) electrons. The highest BCUT2D eigenvalue weighted by Crippen LogP contribution is 2.12. The Bertz CT molecular complexity index is 223. The summed E-state index contributed by atoms with van der Waals surface area (Å²) < 4.78 is 0. The van der Waals surface area contributed by atoms with E-state index < -0.39 is 0 Å². The minimum atomic E-state index is 0.624. The summed E-state index contributed by atoms with van der Waals surface area (Å²) >= 11 is 11.6. The Morgan fingerprint density at radius 3 is 2.81 bits per heavy atom. The van der Waals surface area contributed by atoms with Gasteiger partial charge in [-0.2, -0.15) is 0 Å². The van der Waals surface area contributed by atoms with Crippen molar-refractivity contribution in [3.05, 3.63) is 10.6 Å². The Morgan fingerprint density at radius 2 is 2.31 bits per heavy atom. The second-order valence-electron chi connectivity index (χ2n) is 4.94. The second-order valence-corrected chi connectivity index (χ2v) is 5.64. The molecular weight excluding hydrogens is 243 g/mol. The van der Waals surface area contributed by atoms with Gasteiger partial charge in [0.2, 0.25) is 0 Å². The second kappa shape index (κ2) is 7.54. The van der Waals surface area contributed by atoms with E-state index in [1.54, 1.807) is 0 Å². The van der Waals surface area contributed by atoms with Crippen molar-refractivity contribution in [1.29, 1.82) is 0 Å². The lowest BCUT2D eigenvalue weighted by molar-refractivity contribution is 0.244. The van der Waals surface area contributed by atoms with Gasteiger partial charge in [-0.3, -0.25) is 4.90 Å². The van der Waals surface area contributed by atoms with E-state index in [-0.39, 0.29) is 0 Å². The predicted octanol–water partition coefficient (Wildman–Crippen LogP) is 3.02. The normalized spacial score (nSPS) is 22.4. The lowest BCUT2D eigenvalue weighted by Crippen LogP contribution is -2.39. The van der Waals surface area contributed by atoms with Crippen molar-refractivity contribution in [2.45, 2.75) is 32.7 Å². The maximum atomic E-state index is 6.00. The molecule has 16 heavy (non-hydrogen) atoms. The summed E-state index contributed by atoms with van der Waals surface area (Å²) in [6.07, 6.45) is 2.57. The summed E-state index contributed by atoms with van der Waals surface area (Å²) in [6.45, 7) is 8.51. The number of hydrogen-bond donors (Lipinski definition) is 1. The number of hydrogen-bond acceptors (Lipinski definition) is 2. The van der Waals surface area contributed by atoms with Crippen LogP contribution in [0.5, 0.6) is 0 Å². The molecule has 1 saturated heterocycles. The first kappa shape index (κ1) is 14.3. The average molecular weight is 265 g/mol. The molecule has 0 bridgehead atoms. The van der Waals surface area contributed by atoms with Crippen LogP contribution in [-0.2, 0) is 0 Å². The van der Waals surface area contributed by atoms with E-state index in [0.29, 0.717) is 12.0 Å². The number of nitrogens with zero attached hydrogens (tertiary/aromatic N) is 1. The highest BCUT2D eigenvalue weighted by molar-refractivity contribution is 6.36. The summed E-state index contributed by atoms with van der Waals surface area (Å²) in [6, 6.07) is 0.624. The first-order valence-corrected chi connectivity index (χ1v) is 6.83. The lowest BCUT2D eigenvalue weighted by Gasteiger charge is -2.26. The van der Waals surface area contributed by atoms with Gasteiger partial charge < -0.3 is 5.32 Å². The minimum absolute atomic E-state index is 0.624. The molecule has 94 valence electrons. The molecule has 0 aromatic heterocycles. The summed E-state index contributed by atoms with van der Waals surface area (Å²) in [5.41, 5.74) is 1.47. The summed E-state index contributed by atoms with van der Waals surface area (Å²) in [5.74, 6) is 0.654. The van der Waals surface area contributed by atoms with Crippen molar-refractivity contribution < 1.29 is 0 Å². The first-order chi connectivity index (χ1) is 7.61. The smallest absolute Gasteiger partial charge is 0.0434 e. The van der Waals surface area contributed by atoms with Gasteiger partial charge in [-0.1, -0.05) is 37.0 Å². The fraction of sp³-hybridized carbons (Fsp3) is 0.833. The van der Waals surface area contributed by atoms with Crippen LogP contribution in [0.3, 0.4) is 0 Å². The molecule has 1 rings (SSSR count). The van der Waals surface area contributed by atoms with Crippen LogP contribution in [0.4, 0.5) is 0 Å². The molecule has 0 amide bonds. The Labute approximate surface area is 109 Å². The molecule has 0 spiro atoms. The zero-order chi connectivity index (χ0) is 12.0. The maximum Gasteiger partial charge on any atom is 0.0434 e. The Hall–Kier alpha value is 0.240. The standard InChI is InChI=1S/C12H22Cl2N2/c1-10(2)7-16(8-11(14)6-13)9-12-4-3-5-15-12/h6,10,12,15H,3-5,7-9H2,1-2H3. The molecule has 1 unspecified atom stereocenters. The third-order valence-corrected chi connectivity index (χ3v) is 3.36. The largest absolute Gasteiger partial charge is 0.313 e. The molecule has 1 aliphatic heterocycles. The van der Waals surface area contributed by atoms with Crippen LogP contribution in [0.15, 0.2) is 10.6 Å². The highest BCUT2D eigenvalue weighted by atomic mass is 35.5. The van der Waals surface area contributed by atoms with Gasteiger partial charge in [0.05, 0.1) is 0 Å². The molecule has 1 N–H and O–H groups in total. The zero-order valence-corrected chi connectivity index (χ0v) is 11.7. The van der Waals surface area contributed by atoms with Crippen molar-refractivity contribution in [2.24, 2.45) is 5.92 Å². The van der Waals surface area contributed by atoms with Crippen LogP contribution in [0.1, 0.15) is 26.7 Å². The van der Waals surface area contributed by atoms with Crippen molar-refractivity contribution in [1.82, 2.24) is 10.2 Å². The van der Waals surface area contributed by atoms with Gasteiger partial charge >= 0.3 is 0 Å². The summed E-state index contributed by atoms with van der Waals surface area (Å²) in [4.78, 5) is 2.38. The molecule has 0 aromatic carbocycles. The zero-order valence-electron chi connectivity index (χ0n) is 10.2. The van der Waals surface area contributed by atoms with E-state index in [4.69, 9.17) is 23.2 Å². The average Bonchev–Trinajstić information content (AvgIpc) is 2.69. The SMILES string of the molecule is CC(C)CN(CC(Cl)=CCl)CC1CCCN1. The third kappa shape index (κ3) is 5.53. The highest BCUT2D eigenvalue weighted by Gasteiger charge is 2.18. The van der Waals surface area contributed by atoms with E-state index in [1.165, 1.54) is 18.4 Å². The molecule has 4 heteroatoms. The quantitative estimate of drug-likeness (QED) is 0.794. The first-order valence-electron chi connectivity index (χ1n) is 6.02. The van der Waals surface area contributed by atoms with Gasteiger partial charge in [-0.25, -0.2) is 0 Å². The van der Waals surface area contributed by atoms with Gasteiger partial charge in [-0.15, -0.1) is 0 Å². The Balaban J connectivity index is 2.42. The van der Waals surface area contributed by atoms with E-state index in [1.807, 2.05) is 0 Å². The molecule has 0 saturated carbocycles. The maximum absolute atomic E-state index is 6.00. The Morgan fingerprint density at radius 1 is 1.56 bits per heavy atom. The van der Waals surface area contributed by atoms with E-state index in [2.05, 4.69) is 24.1 Å². The molecule has 0 aromatic rings. The molecule has 1 fully saturated rings. The van der Waals surface area contributed by atoms with Crippen molar-refractivity contribution in [3.8, 4) is 0 Å². The fourth-order valence-electron chi connectivity index (χ4n) is 2.19. The van der Waals surface area contributed by atoms with Crippen LogP contribution < -0.4 is 5.32 Å². The lowest BCUT2D eigenvalue weighted by atomic mass is 10.1. The van der Waals surface area contributed by atoms with Gasteiger partial charge in [0.15, 0.2) is 0 Å². The third-order valence-electron chi connectivity index (χ3n) is 2.76. The monoisotopic (exact) mass is 264 g/mol. The molecule has 1 heterocycles. The van der Waals surface area contributed by atoms with Crippen LogP contribution in [0.25, 0.3) is 0 Å². The van der Waals surface area contributed by atoms with Crippen molar-refractivity contribution >= 4 is 23.2 Å². The van der Waals surface area contributed by atoms with Crippen LogP contribution >= 0.6 is 23.2 Å². The van der Waals surface area contributed by atoms with Gasteiger partial charge in [-0.05, 0) is 25.3 Å². The number of nitrogens with one attached hydrogen (secondary N) is 1. The number of halogens is 2. The van der Waals surface area contributed by atoms with Crippen LogP contribution in [0, 0.1) is 5.92 Å². The van der Waals surface area contributed by atoms with Crippen LogP contribution in [-0.4, -0.2) is 37.1 Å². The predicted molar refractivity (Wildman–Crippen MR) is 72.1 cm³/mol. The molecule has 1 aliphatic rings. The van der Waals surface area contributed by atoms with E-state index >= 15 is 0 Å².